The lowest BCUT2D eigenvalue weighted by atomic mass is 10.0. The van der Waals surface area contributed by atoms with E-state index in [1.54, 1.807) is 12.5 Å². The largest absolute Gasteiger partial charge is 0.467 e. The molecule has 0 saturated carbocycles. The van der Waals surface area contributed by atoms with Crippen LogP contribution in [-0.2, 0) is 4.79 Å². The van der Waals surface area contributed by atoms with Gasteiger partial charge in [0.25, 0.3) is 0 Å². The number of carbonyl (C=O) groups excluding carboxylic acids is 1. The summed E-state index contributed by atoms with van der Waals surface area (Å²) in [5, 5.41) is 6.74. The zero-order chi connectivity index (χ0) is 18.8. The molecule has 3 heterocycles. The van der Waals surface area contributed by atoms with Crippen molar-refractivity contribution in [3.05, 3.63) is 78.5 Å². The lowest BCUT2D eigenvalue weighted by Gasteiger charge is -2.26. The van der Waals surface area contributed by atoms with Crippen LogP contribution < -0.4 is 15.5 Å². The van der Waals surface area contributed by atoms with E-state index in [-0.39, 0.29) is 18.0 Å². The van der Waals surface area contributed by atoms with E-state index in [2.05, 4.69) is 15.6 Å². The van der Waals surface area contributed by atoms with Crippen molar-refractivity contribution >= 4 is 34.6 Å². The smallest absolute Gasteiger partial charge is 0.221 e. The van der Waals surface area contributed by atoms with Crippen LogP contribution in [0.15, 0.2) is 71.5 Å². The predicted molar refractivity (Wildman–Crippen MR) is 107 cm³/mol. The van der Waals surface area contributed by atoms with Crippen LogP contribution >= 0.6 is 12.2 Å². The van der Waals surface area contributed by atoms with Crippen LogP contribution in [0.1, 0.15) is 30.5 Å². The second kappa shape index (κ2) is 7.20. The molecule has 3 aromatic rings. The molecule has 27 heavy (non-hydrogen) atoms. The Morgan fingerprint density at radius 2 is 2.00 bits per heavy atom. The fraction of sp³-hybridized carbons (Fsp3) is 0.150. The fourth-order valence-electron chi connectivity index (χ4n) is 3.29. The van der Waals surface area contributed by atoms with E-state index in [1.807, 2.05) is 59.5 Å². The first kappa shape index (κ1) is 17.2. The summed E-state index contributed by atoms with van der Waals surface area (Å²) in [5.74, 6) is 0.689. The number of rotatable bonds is 4. The second-order valence-corrected chi connectivity index (χ2v) is 6.63. The summed E-state index contributed by atoms with van der Waals surface area (Å²) in [7, 11) is 0. The summed E-state index contributed by atoms with van der Waals surface area (Å²) >= 11 is 5.63. The van der Waals surface area contributed by atoms with Crippen LogP contribution in [0.5, 0.6) is 0 Å². The van der Waals surface area contributed by atoms with Gasteiger partial charge < -0.3 is 20.0 Å². The molecule has 1 aromatic carbocycles. The molecule has 6 nitrogen and oxygen atoms in total. The van der Waals surface area contributed by atoms with Gasteiger partial charge in [-0.3, -0.25) is 9.78 Å². The normalized spacial score (nSPS) is 19.0. The molecule has 1 fully saturated rings. The zero-order valence-electron chi connectivity index (χ0n) is 14.6. The van der Waals surface area contributed by atoms with Crippen molar-refractivity contribution < 1.29 is 9.21 Å². The van der Waals surface area contributed by atoms with Gasteiger partial charge in [-0.25, -0.2) is 0 Å². The summed E-state index contributed by atoms with van der Waals surface area (Å²) in [4.78, 5) is 17.8. The number of benzene rings is 1. The molecule has 4 rings (SSSR count). The molecule has 1 amide bonds. The van der Waals surface area contributed by atoms with Crippen LogP contribution in [0.4, 0.5) is 11.4 Å². The summed E-state index contributed by atoms with van der Waals surface area (Å²) < 4.78 is 5.72. The van der Waals surface area contributed by atoms with Gasteiger partial charge in [0.15, 0.2) is 5.11 Å². The van der Waals surface area contributed by atoms with Gasteiger partial charge in [-0.05, 0) is 60.7 Å². The van der Waals surface area contributed by atoms with Gasteiger partial charge in [-0.1, -0.05) is 6.07 Å². The average molecular weight is 378 g/mol. The zero-order valence-corrected chi connectivity index (χ0v) is 15.4. The van der Waals surface area contributed by atoms with Crippen molar-refractivity contribution in [1.82, 2.24) is 10.3 Å². The molecule has 2 atom stereocenters. The van der Waals surface area contributed by atoms with Gasteiger partial charge in [0, 0.05) is 24.5 Å². The lowest BCUT2D eigenvalue weighted by molar-refractivity contribution is -0.114. The molecular formula is C20H18N4O2S. The Balaban J connectivity index is 1.72. The first-order valence-corrected chi connectivity index (χ1v) is 8.96. The molecular weight excluding hydrogens is 360 g/mol. The van der Waals surface area contributed by atoms with Crippen molar-refractivity contribution in [2.45, 2.75) is 19.0 Å². The molecule has 136 valence electrons. The number of nitrogens with one attached hydrogen (secondary N) is 2. The summed E-state index contributed by atoms with van der Waals surface area (Å²) in [6, 6.07) is 16.9. The molecule has 2 N–H and O–H groups in total. The van der Waals surface area contributed by atoms with Gasteiger partial charge in [-0.2, -0.15) is 0 Å². The standard InChI is InChI=1S/C20H18N4O2S/c1-13(25)22-14-7-9-15(10-8-14)24-19(17-6-4-12-26-17)18(23-20(24)27)16-5-2-3-11-21-16/h2-12,18-19H,1H3,(H,22,25)(H,23,27). The van der Waals surface area contributed by atoms with E-state index in [1.165, 1.54) is 6.92 Å². The Morgan fingerprint density at radius 1 is 1.19 bits per heavy atom. The van der Waals surface area contributed by atoms with Gasteiger partial charge in [0.05, 0.1) is 18.0 Å². The fourth-order valence-corrected chi connectivity index (χ4v) is 3.64. The highest BCUT2D eigenvalue weighted by Crippen LogP contribution is 2.41. The summed E-state index contributed by atoms with van der Waals surface area (Å²) in [6.07, 6.45) is 3.42. The Kier molecular flexibility index (Phi) is 4.60. The van der Waals surface area contributed by atoms with Crippen LogP contribution in [0.25, 0.3) is 0 Å². The Morgan fingerprint density at radius 3 is 2.63 bits per heavy atom. The lowest BCUT2D eigenvalue weighted by Crippen LogP contribution is -2.29. The minimum absolute atomic E-state index is 0.107. The SMILES string of the molecule is CC(=O)Nc1ccc(N2C(=S)NC(c3ccccn3)C2c2ccco2)cc1. The predicted octanol–water partition coefficient (Wildman–Crippen LogP) is 3.81. The quantitative estimate of drug-likeness (QED) is 0.673. The number of amides is 1. The van der Waals surface area contributed by atoms with E-state index in [0.717, 1.165) is 22.8 Å². The maximum absolute atomic E-state index is 11.2. The first-order chi connectivity index (χ1) is 13.1. The van der Waals surface area contributed by atoms with Crippen molar-refractivity contribution in [3.8, 4) is 0 Å². The number of hydrogen-bond acceptors (Lipinski definition) is 4. The van der Waals surface area contributed by atoms with Crippen molar-refractivity contribution in [1.29, 1.82) is 0 Å². The molecule has 2 aromatic heterocycles. The van der Waals surface area contributed by atoms with Crippen LogP contribution in [0.2, 0.25) is 0 Å². The highest BCUT2D eigenvalue weighted by molar-refractivity contribution is 7.80. The number of pyridine rings is 1. The Hall–Kier alpha value is -3.19. The highest BCUT2D eigenvalue weighted by atomic mass is 32.1. The van der Waals surface area contributed by atoms with Gasteiger partial charge >= 0.3 is 0 Å². The summed E-state index contributed by atoms with van der Waals surface area (Å²) in [6.45, 7) is 1.48. The molecule has 0 radical (unpaired) electrons. The minimum Gasteiger partial charge on any atom is -0.467 e. The van der Waals surface area contributed by atoms with E-state index >= 15 is 0 Å². The summed E-state index contributed by atoms with van der Waals surface area (Å²) in [5.41, 5.74) is 2.53. The average Bonchev–Trinajstić information content (AvgIpc) is 3.30. The molecule has 7 heteroatoms. The third kappa shape index (κ3) is 3.41. The van der Waals surface area contributed by atoms with Crippen LogP contribution in [0.3, 0.4) is 0 Å². The number of hydrogen-bond donors (Lipinski definition) is 2. The molecule has 2 unspecified atom stereocenters. The molecule has 1 aliphatic rings. The molecule has 0 bridgehead atoms. The van der Waals surface area contributed by atoms with E-state index in [4.69, 9.17) is 16.6 Å². The van der Waals surface area contributed by atoms with Crippen molar-refractivity contribution in [3.63, 3.8) is 0 Å². The van der Waals surface area contributed by atoms with Gasteiger partial charge in [0.2, 0.25) is 5.91 Å². The van der Waals surface area contributed by atoms with E-state index < -0.39 is 0 Å². The number of nitrogens with zero attached hydrogens (tertiary/aromatic N) is 2. The van der Waals surface area contributed by atoms with Gasteiger partial charge in [0.1, 0.15) is 11.8 Å². The second-order valence-electron chi connectivity index (χ2n) is 6.24. The topological polar surface area (TPSA) is 70.4 Å². The molecule has 1 aliphatic heterocycles. The maximum atomic E-state index is 11.2. The third-order valence-electron chi connectivity index (χ3n) is 4.40. The number of aromatic nitrogens is 1. The van der Waals surface area contributed by atoms with Gasteiger partial charge in [-0.15, -0.1) is 0 Å². The van der Waals surface area contributed by atoms with E-state index in [9.17, 15) is 4.79 Å². The minimum atomic E-state index is -0.172. The Bertz CT molecular complexity index is 942. The number of carbonyl (C=O) groups is 1. The van der Waals surface area contributed by atoms with Crippen molar-refractivity contribution in [2.24, 2.45) is 0 Å². The third-order valence-corrected chi connectivity index (χ3v) is 4.71. The molecule has 0 aliphatic carbocycles. The van der Waals surface area contributed by atoms with Crippen LogP contribution in [-0.4, -0.2) is 16.0 Å². The molecule has 0 spiro atoms. The first-order valence-electron chi connectivity index (χ1n) is 8.55. The number of anilines is 2. The monoisotopic (exact) mass is 378 g/mol. The number of furan rings is 1. The highest BCUT2D eigenvalue weighted by Gasteiger charge is 2.42. The Labute approximate surface area is 162 Å². The maximum Gasteiger partial charge on any atom is 0.221 e. The molecule has 1 saturated heterocycles. The van der Waals surface area contributed by atoms with Crippen molar-refractivity contribution in [2.75, 3.05) is 10.2 Å². The number of thiocarbonyl (C=S) groups is 1. The van der Waals surface area contributed by atoms with E-state index in [0.29, 0.717) is 5.11 Å². The van der Waals surface area contributed by atoms with Crippen LogP contribution in [0, 0.1) is 0 Å².